The van der Waals surface area contributed by atoms with E-state index in [9.17, 15) is 8.42 Å². The van der Waals surface area contributed by atoms with Crippen LogP contribution in [0.2, 0.25) is 0 Å². The highest BCUT2D eigenvalue weighted by atomic mass is 32.2. The average molecular weight is 168 g/mol. The molecule has 3 aliphatic rings. The molecular formula is C8H8O2S. The molecule has 2 fully saturated rings. The van der Waals surface area contributed by atoms with E-state index in [2.05, 4.69) is 0 Å². The van der Waals surface area contributed by atoms with E-state index in [1.54, 1.807) is 0 Å². The molecule has 11 heavy (non-hydrogen) atoms. The van der Waals surface area contributed by atoms with Crippen LogP contribution in [0.25, 0.3) is 0 Å². The van der Waals surface area contributed by atoms with E-state index >= 15 is 0 Å². The highest BCUT2D eigenvalue weighted by Crippen LogP contribution is 2.54. The fraction of sp³-hybridized carbons (Fsp3) is 0.500. The lowest BCUT2D eigenvalue weighted by Gasteiger charge is -2.21. The van der Waals surface area contributed by atoms with E-state index in [0.29, 0.717) is 0 Å². The predicted molar refractivity (Wildman–Crippen MR) is 41.4 cm³/mol. The molecule has 2 bridgehead atoms. The van der Waals surface area contributed by atoms with Gasteiger partial charge in [-0.1, -0.05) is 0 Å². The van der Waals surface area contributed by atoms with Gasteiger partial charge in [-0.05, 0) is 36.8 Å². The Hall–Kier alpha value is -0.570. The van der Waals surface area contributed by atoms with E-state index in [-0.39, 0.29) is 0 Å². The van der Waals surface area contributed by atoms with Crippen LogP contribution in [0.5, 0.6) is 0 Å². The second kappa shape index (κ2) is 1.46. The van der Waals surface area contributed by atoms with Gasteiger partial charge < -0.3 is 0 Å². The number of rotatable bonds is 0. The molecule has 0 N–H and O–H groups in total. The van der Waals surface area contributed by atoms with Crippen molar-refractivity contribution in [1.82, 2.24) is 0 Å². The highest BCUT2D eigenvalue weighted by Gasteiger charge is 2.45. The van der Waals surface area contributed by atoms with E-state index < -0.39 is 9.84 Å². The molecule has 3 heteroatoms. The fourth-order valence-electron chi connectivity index (χ4n) is 2.26. The molecule has 1 saturated heterocycles. The van der Waals surface area contributed by atoms with E-state index in [1.807, 2.05) is 0 Å². The summed E-state index contributed by atoms with van der Waals surface area (Å²) in [6, 6.07) is 0. The molecule has 58 valence electrons. The Labute approximate surface area is 65.5 Å². The highest BCUT2D eigenvalue weighted by molar-refractivity contribution is 7.99. The van der Waals surface area contributed by atoms with Gasteiger partial charge in [0, 0.05) is 0 Å². The maximum atomic E-state index is 11.5. The van der Waals surface area contributed by atoms with Gasteiger partial charge in [0.25, 0.3) is 0 Å². The van der Waals surface area contributed by atoms with Crippen LogP contribution in [0.15, 0.2) is 21.0 Å². The first-order valence-electron chi connectivity index (χ1n) is 3.91. The predicted octanol–water partition coefficient (Wildman–Crippen LogP) is 1.51. The second-order valence-corrected chi connectivity index (χ2v) is 5.30. The lowest BCUT2D eigenvalue weighted by atomic mass is 9.81. The van der Waals surface area contributed by atoms with Gasteiger partial charge in [-0.15, -0.1) is 0 Å². The second-order valence-electron chi connectivity index (χ2n) is 3.31. The third-order valence-electron chi connectivity index (χ3n) is 2.89. The Kier molecular flexibility index (Phi) is 0.796. The smallest absolute Gasteiger partial charge is 0.199 e. The van der Waals surface area contributed by atoms with Crippen LogP contribution in [-0.2, 0) is 9.84 Å². The summed E-state index contributed by atoms with van der Waals surface area (Å²) in [6.45, 7) is 0. The molecule has 0 aromatic heterocycles. The summed E-state index contributed by atoms with van der Waals surface area (Å²) < 4.78 is 23.0. The number of fused-ring (bicyclic) bond motifs is 3. The van der Waals surface area contributed by atoms with Crippen molar-refractivity contribution in [2.24, 2.45) is 0 Å². The van der Waals surface area contributed by atoms with Crippen molar-refractivity contribution in [3.8, 4) is 0 Å². The molecule has 0 spiro atoms. The first kappa shape index (κ1) is 6.00. The summed E-state index contributed by atoms with van der Waals surface area (Å²) in [5, 5.41) is 0. The molecule has 0 aromatic rings. The Bertz CT molecular complexity index is 375. The fourth-order valence-corrected chi connectivity index (χ4v) is 4.40. The SMILES string of the molecule is O=S1(=O)C2=C3CCC3=C1CC2. The quantitative estimate of drug-likeness (QED) is 0.549. The zero-order valence-corrected chi connectivity index (χ0v) is 6.87. The molecule has 1 saturated carbocycles. The largest absolute Gasteiger partial charge is 0.219 e. The lowest BCUT2D eigenvalue weighted by molar-refractivity contribution is 0.610. The molecular weight excluding hydrogens is 160 g/mol. The van der Waals surface area contributed by atoms with Gasteiger partial charge >= 0.3 is 0 Å². The Morgan fingerprint density at radius 2 is 1.27 bits per heavy atom. The molecule has 0 aromatic carbocycles. The number of hydrogen-bond donors (Lipinski definition) is 0. The Morgan fingerprint density at radius 1 is 0.818 bits per heavy atom. The maximum Gasteiger partial charge on any atom is 0.199 e. The zero-order chi connectivity index (χ0) is 7.64. The van der Waals surface area contributed by atoms with E-state index in [4.69, 9.17) is 0 Å². The van der Waals surface area contributed by atoms with Crippen molar-refractivity contribution < 1.29 is 8.42 Å². The summed E-state index contributed by atoms with van der Waals surface area (Å²) in [4.78, 5) is 1.52. The van der Waals surface area contributed by atoms with Crippen LogP contribution >= 0.6 is 0 Å². The Morgan fingerprint density at radius 3 is 1.55 bits per heavy atom. The van der Waals surface area contributed by atoms with E-state index in [1.165, 1.54) is 11.1 Å². The van der Waals surface area contributed by atoms with Crippen LogP contribution in [-0.4, -0.2) is 8.42 Å². The van der Waals surface area contributed by atoms with Crippen LogP contribution in [0.3, 0.4) is 0 Å². The minimum absolute atomic E-state index is 0.758. The van der Waals surface area contributed by atoms with Crippen LogP contribution in [0, 0.1) is 0 Å². The molecule has 0 amide bonds. The Balaban J connectivity index is 2.46. The molecule has 1 aliphatic carbocycles. The summed E-state index contributed by atoms with van der Waals surface area (Å²) in [5.41, 5.74) is 2.34. The molecule has 2 nitrogen and oxygen atoms in total. The van der Waals surface area contributed by atoms with Crippen LogP contribution in [0.1, 0.15) is 25.7 Å². The van der Waals surface area contributed by atoms with Crippen molar-refractivity contribution in [3.63, 3.8) is 0 Å². The summed E-state index contributed by atoms with van der Waals surface area (Å²) in [5.74, 6) is 0. The van der Waals surface area contributed by atoms with Crippen molar-refractivity contribution in [2.45, 2.75) is 25.7 Å². The van der Waals surface area contributed by atoms with Crippen molar-refractivity contribution in [1.29, 1.82) is 0 Å². The van der Waals surface area contributed by atoms with Gasteiger partial charge in [-0.25, -0.2) is 8.42 Å². The molecule has 0 atom stereocenters. The van der Waals surface area contributed by atoms with Gasteiger partial charge in [0.15, 0.2) is 9.84 Å². The van der Waals surface area contributed by atoms with Crippen molar-refractivity contribution in [3.05, 3.63) is 21.0 Å². The van der Waals surface area contributed by atoms with Gasteiger partial charge in [0.2, 0.25) is 0 Å². The van der Waals surface area contributed by atoms with Gasteiger partial charge in [0.1, 0.15) is 0 Å². The first-order chi connectivity index (χ1) is 5.21. The number of sulfone groups is 1. The van der Waals surface area contributed by atoms with Gasteiger partial charge in [-0.3, -0.25) is 0 Å². The monoisotopic (exact) mass is 168 g/mol. The molecule has 0 radical (unpaired) electrons. The molecule has 2 heterocycles. The zero-order valence-electron chi connectivity index (χ0n) is 6.05. The minimum Gasteiger partial charge on any atom is -0.219 e. The minimum atomic E-state index is -2.87. The summed E-state index contributed by atoms with van der Waals surface area (Å²) in [7, 11) is -2.87. The number of allylic oxidation sites excluding steroid dienone is 4. The molecule has 0 unspecified atom stereocenters. The normalized spacial score (nSPS) is 30.9. The summed E-state index contributed by atoms with van der Waals surface area (Å²) >= 11 is 0. The van der Waals surface area contributed by atoms with Crippen LogP contribution in [0.4, 0.5) is 0 Å². The van der Waals surface area contributed by atoms with Crippen molar-refractivity contribution >= 4 is 9.84 Å². The molecule has 3 rings (SSSR count). The van der Waals surface area contributed by atoms with Crippen LogP contribution < -0.4 is 0 Å². The first-order valence-corrected chi connectivity index (χ1v) is 5.39. The average Bonchev–Trinajstić information content (AvgIpc) is 2.17. The van der Waals surface area contributed by atoms with Gasteiger partial charge in [-0.2, -0.15) is 0 Å². The maximum absolute atomic E-state index is 11.5. The third kappa shape index (κ3) is 0.466. The third-order valence-corrected chi connectivity index (χ3v) is 5.09. The standard InChI is InChI=1S/C8H8O2S/c9-11(10)7-3-4-8(11)6-2-1-5(6)7/h1-4H2. The molecule has 2 aliphatic heterocycles. The van der Waals surface area contributed by atoms with Crippen molar-refractivity contribution in [2.75, 3.05) is 0 Å². The summed E-state index contributed by atoms with van der Waals surface area (Å²) in [6.07, 6.45) is 3.59. The van der Waals surface area contributed by atoms with Gasteiger partial charge in [0.05, 0.1) is 9.81 Å². The number of hydrogen-bond acceptors (Lipinski definition) is 2. The van der Waals surface area contributed by atoms with E-state index in [0.717, 1.165) is 35.5 Å². The lowest BCUT2D eigenvalue weighted by Crippen LogP contribution is -2.05. The topological polar surface area (TPSA) is 34.1 Å².